The molecule has 7 nitrogen and oxygen atoms in total. The van der Waals surface area contributed by atoms with Crippen molar-refractivity contribution in [1.82, 2.24) is 19.5 Å². The van der Waals surface area contributed by atoms with Gasteiger partial charge in [-0.15, -0.1) is 0 Å². The highest BCUT2D eigenvalue weighted by Gasteiger charge is 2.45. The van der Waals surface area contributed by atoms with Crippen LogP contribution in [0.3, 0.4) is 0 Å². The Bertz CT molecular complexity index is 609. The minimum absolute atomic E-state index is 0.159. The summed E-state index contributed by atoms with van der Waals surface area (Å²) in [4.78, 5) is 11.8. The molecular formula is C10H10ClFN4O3. The predicted molar refractivity (Wildman–Crippen MR) is 62.2 cm³/mol. The minimum Gasteiger partial charge on any atom is -0.394 e. The van der Waals surface area contributed by atoms with Crippen molar-refractivity contribution in [1.29, 1.82) is 0 Å². The quantitative estimate of drug-likeness (QED) is 0.760. The molecule has 0 spiro atoms. The molecule has 1 saturated heterocycles. The summed E-state index contributed by atoms with van der Waals surface area (Å²) in [6.45, 7) is -0.517. The molecule has 19 heavy (non-hydrogen) atoms. The molecule has 3 heterocycles. The predicted octanol–water partition coefficient (Wildman–Crippen LogP) is 0.0684. The van der Waals surface area contributed by atoms with E-state index < -0.39 is 31.2 Å². The molecule has 102 valence electrons. The number of alkyl halides is 1. The number of nitrogens with zero attached hydrogens (tertiary/aromatic N) is 4. The molecule has 0 aliphatic carbocycles. The highest BCUT2D eigenvalue weighted by molar-refractivity contribution is 6.33. The Morgan fingerprint density at radius 3 is 2.89 bits per heavy atom. The van der Waals surface area contributed by atoms with Gasteiger partial charge in [-0.1, -0.05) is 11.6 Å². The van der Waals surface area contributed by atoms with E-state index >= 15 is 0 Å². The first-order valence-corrected chi connectivity index (χ1v) is 5.92. The summed E-state index contributed by atoms with van der Waals surface area (Å²) in [7, 11) is 0. The molecule has 0 bridgehead atoms. The van der Waals surface area contributed by atoms with E-state index in [-0.39, 0.29) is 5.15 Å². The highest BCUT2D eigenvalue weighted by atomic mass is 35.5. The van der Waals surface area contributed by atoms with Gasteiger partial charge in [0.2, 0.25) is 0 Å². The van der Waals surface area contributed by atoms with Crippen LogP contribution in [-0.4, -0.2) is 54.7 Å². The molecule has 2 aromatic heterocycles. The lowest BCUT2D eigenvalue weighted by Gasteiger charge is -2.15. The van der Waals surface area contributed by atoms with Crippen LogP contribution in [0, 0.1) is 0 Å². The average molecular weight is 289 g/mol. The van der Waals surface area contributed by atoms with Crippen molar-refractivity contribution in [3.05, 3.63) is 17.8 Å². The number of aliphatic hydroxyl groups excluding tert-OH is 2. The maximum Gasteiger partial charge on any atom is 0.167 e. The molecule has 0 amide bonds. The fraction of sp³-hybridized carbons (Fsp3) is 0.500. The molecule has 3 rings (SSSR count). The summed E-state index contributed by atoms with van der Waals surface area (Å²) in [6.07, 6.45) is -2.60. The average Bonchev–Trinajstić information content (AvgIpc) is 2.94. The summed E-state index contributed by atoms with van der Waals surface area (Å²) in [5, 5.41) is 19.0. The number of halogens is 2. The van der Waals surface area contributed by atoms with Gasteiger partial charge in [-0.05, 0) is 0 Å². The van der Waals surface area contributed by atoms with Crippen LogP contribution in [0.4, 0.5) is 4.39 Å². The standard InChI is InChI=1S/C10H10ClFN4O3/c11-8-6-9(14-2-13-8)16(3-15-6)10-7(18)5(12)4(1-17)19-10/h2-5,7,10,17-18H,1H2/t4-,5-,7-,10-/m1/s1. The van der Waals surface area contributed by atoms with Gasteiger partial charge in [-0.25, -0.2) is 19.3 Å². The first-order valence-electron chi connectivity index (χ1n) is 5.55. The molecule has 0 radical (unpaired) electrons. The zero-order valence-corrected chi connectivity index (χ0v) is 10.3. The van der Waals surface area contributed by atoms with E-state index in [2.05, 4.69) is 15.0 Å². The Labute approximate surface area is 111 Å². The van der Waals surface area contributed by atoms with Gasteiger partial charge in [-0.2, -0.15) is 0 Å². The summed E-state index contributed by atoms with van der Waals surface area (Å²) < 4.78 is 20.3. The molecule has 2 aromatic rings. The van der Waals surface area contributed by atoms with Crippen molar-refractivity contribution in [3.63, 3.8) is 0 Å². The van der Waals surface area contributed by atoms with Crippen LogP contribution < -0.4 is 0 Å². The SMILES string of the molecule is OC[C@H]1O[C@@H](n2cnc3c(Cl)ncnc32)[C@H](O)[C@@H]1F. The Morgan fingerprint density at radius 1 is 1.42 bits per heavy atom. The second-order valence-electron chi connectivity index (χ2n) is 4.17. The zero-order valence-electron chi connectivity index (χ0n) is 9.52. The first-order chi connectivity index (χ1) is 9.13. The van der Waals surface area contributed by atoms with Gasteiger partial charge in [0, 0.05) is 0 Å². The van der Waals surface area contributed by atoms with E-state index in [0.29, 0.717) is 11.2 Å². The zero-order chi connectivity index (χ0) is 13.6. The largest absolute Gasteiger partial charge is 0.394 e. The molecule has 0 saturated carbocycles. The van der Waals surface area contributed by atoms with Crippen molar-refractivity contribution in [3.8, 4) is 0 Å². The van der Waals surface area contributed by atoms with Gasteiger partial charge in [0.15, 0.2) is 23.2 Å². The second kappa shape index (κ2) is 4.64. The van der Waals surface area contributed by atoms with Gasteiger partial charge in [0.25, 0.3) is 0 Å². The van der Waals surface area contributed by atoms with Crippen LogP contribution in [0.2, 0.25) is 5.15 Å². The minimum atomic E-state index is -1.68. The maximum absolute atomic E-state index is 13.7. The summed E-state index contributed by atoms with van der Waals surface area (Å²) in [5.41, 5.74) is 0.665. The van der Waals surface area contributed by atoms with Crippen molar-refractivity contribution in [2.75, 3.05) is 6.61 Å². The van der Waals surface area contributed by atoms with E-state index in [1.807, 2.05) is 0 Å². The van der Waals surface area contributed by atoms with E-state index in [1.165, 1.54) is 17.2 Å². The molecule has 2 N–H and O–H groups in total. The van der Waals surface area contributed by atoms with Crippen LogP contribution in [0.5, 0.6) is 0 Å². The van der Waals surface area contributed by atoms with Crippen LogP contribution in [0.1, 0.15) is 6.23 Å². The van der Waals surface area contributed by atoms with Gasteiger partial charge < -0.3 is 14.9 Å². The topological polar surface area (TPSA) is 93.3 Å². The number of imidazole rings is 1. The van der Waals surface area contributed by atoms with E-state index in [9.17, 15) is 9.50 Å². The smallest absolute Gasteiger partial charge is 0.167 e. The van der Waals surface area contributed by atoms with E-state index in [1.54, 1.807) is 0 Å². The number of hydrogen-bond donors (Lipinski definition) is 2. The lowest BCUT2D eigenvalue weighted by atomic mass is 10.1. The number of aromatic nitrogens is 4. The molecular weight excluding hydrogens is 279 g/mol. The summed E-state index contributed by atoms with van der Waals surface area (Å²) in [6, 6.07) is 0. The first kappa shape index (κ1) is 12.7. The van der Waals surface area contributed by atoms with Crippen LogP contribution in [-0.2, 0) is 4.74 Å². The van der Waals surface area contributed by atoms with Gasteiger partial charge in [0.1, 0.15) is 24.1 Å². The third kappa shape index (κ3) is 1.88. The Morgan fingerprint density at radius 2 is 2.21 bits per heavy atom. The van der Waals surface area contributed by atoms with Crippen molar-refractivity contribution in [2.24, 2.45) is 0 Å². The van der Waals surface area contributed by atoms with Crippen molar-refractivity contribution < 1.29 is 19.3 Å². The normalized spacial score (nSPS) is 31.2. The Balaban J connectivity index is 2.04. The Kier molecular flexibility index (Phi) is 3.09. The number of hydrogen-bond acceptors (Lipinski definition) is 6. The molecule has 0 aromatic carbocycles. The number of rotatable bonds is 2. The second-order valence-corrected chi connectivity index (χ2v) is 4.53. The fourth-order valence-electron chi connectivity index (χ4n) is 2.10. The molecule has 1 aliphatic heterocycles. The van der Waals surface area contributed by atoms with Gasteiger partial charge >= 0.3 is 0 Å². The lowest BCUT2D eigenvalue weighted by molar-refractivity contribution is -0.0495. The van der Waals surface area contributed by atoms with Gasteiger partial charge in [-0.3, -0.25) is 4.57 Å². The molecule has 9 heteroatoms. The van der Waals surface area contributed by atoms with E-state index in [4.69, 9.17) is 21.4 Å². The number of aliphatic hydroxyl groups is 2. The Hall–Kier alpha value is -1.35. The molecule has 1 aliphatic rings. The highest BCUT2D eigenvalue weighted by Crippen LogP contribution is 2.33. The van der Waals surface area contributed by atoms with E-state index in [0.717, 1.165) is 0 Å². The van der Waals surface area contributed by atoms with Crippen LogP contribution in [0.25, 0.3) is 11.2 Å². The molecule has 1 fully saturated rings. The van der Waals surface area contributed by atoms with Gasteiger partial charge in [0.05, 0.1) is 12.9 Å². The fourth-order valence-corrected chi connectivity index (χ4v) is 2.27. The summed E-state index contributed by atoms with van der Waals surface area (Å²) in [5.74, 6) is 0. The molecule has 0 unspecified atom stereocenters. The third-order valence-corrected chi connectivity index (χ3v) is 3.33. The van der Waals surface area contributed by atoms with Crippen LogP contribution in [0.15, 0.2) is 12.7 Å². The van der Waals surface area contributed by atoms with Crippen molar-refractivity contribution in [2.45, 2.75) is 24.6 Å². The lowest BCUT2D eigenvalue weighted by Crippen LogP contribution is -2.29. The third-order valence-electron chi connectivity index (χ3n) is 3.06. The monoisotopic (exact) mass is 288 g/mol. The number of fused-ring (bicyclic) bond motifs is 1. The van der Waals surface area contributed by atoms with Crippen LogP contribution >= 0.6 is 11.6 Å². The maximum atomic E-state index is 13.7. The number of ether oxygens (including phenoxy) is 1. The summed E-state index contributed by atoms with van der Waals surface area (Å²) >= 11 is 5.85. The van der Waals surface area contributed by atoms with Crippen molar-refractivity contribution >= 4 is 22.8 Å². The molecule has 4 atom stereocenters.